The average Bonchev–Trinajstić information content (AvgIpc) is 2.58. The Hall–Kier alpha value is -2.99. The zero-order valence-electron chi connectivity index (χ0n) is 12.8. The molecule has 0 saturated heterocycles. The Morgan fingerprint density at radius 3 is 2.56 bits per heavy atom. The molecule has 0 bridgehead atoms. The highest BCUT2D eigenvalue weighted by molar-refractivity contribution is 6.30. The van der Waals surface area contributed by atoms with Gasteiger partial charge in [-0.15, -0.1) is 0 Å². The van der Waals surface area contributed by atoms with Gasteiger partial charge in [-0.1, -0.05) is 17.7 Å². The predicted molar refractivity (Wildman–Crippen MR) is 93.3 cm³/mol. The highest BCUT2D eigenvalue weighted by Crippen LogP contribution is 2.20. The Bertz CT molecular complexity index is 934. The van der Waals surface area contributed by atoms with Crippen molar-refractivity contribution in [3.8, 4) is 0 Å². The molecule has 0 saturated carbocycles. The maximum Gasteiger partial charge on any atom is 0.255 e. The first-order valence-corrected chi connectivity index (χ1v) is 7.64. The largest absolute Gasteiger partial charge is 0.340 e. The highest BCUT2D eigenvalue weighted by atomic mass is 35.5. The van der Waals surface area contributed by atoms with Crippen LogP contribution in [0, 0.1) is 11.6 Å². The predicted octanol–water partition coefficient (Wildman–Crippen LogP) is 5.01. The summed E-state index contributed by atoms with van der Waals surface area (Å²) < 4.78 is 26.1. The zero-order chi connectivity index (χ0) is 17.8. The molecule has 0 fully saturated rings. The number of pyridine rings is 1. The van der Waals surface area contributed by atoms with Crippen molar-refractivity contribution >= 4 is 34.7 Å². The van der Waals surface area contributed by atoms with E-state index in [4.69, 9.17) is 11.6 Å². The number of anilines is 3. The van der Waals surface area contributed by atoms with Gasteiger partial charge in [0, 0.05) is 34.2 Å². The standard InChI is InChI=1S/C18H12ClF2N3O/c19-12-2-1-3-13(9-12)23-17-8-11(6-7-22-17)18(25)24-14-4-5-15(20)16(21)10-14/h1-10H,(H,22,23)(H,24,25). The molecule has 126 valence electrons. The molecule has 7 heteroatoms. The summed E-state index contributed by atoms with van der Waals surface area (Å²) in [6, 6.07) is 13.2. The summed E-state index contributed by atoms with van der Waals surface area (Å²) >= 11 is 5.93. The van der Waals surface area contributed by atoms with E-state index in [1.165, 1.54) is 24.4 Å². The molecule has 0 radical (unpaired) electrons. The number of carbonyl (C=O) groups excluding carboxylic acids is 1. The van der Waals surface area contributed by atoms with Gasteiger partial charge in [-0.25, -0.2) is 13.8 Å². The zero-order valence-corrected chi connectivity index (χ0v) is 13.5. The van der Waals surface area contributed by atoms with Gasteiger partial charge in [0.25, 0.3) is 5.91 Å². The van der Waals surface area contributed by atoms with Crippen LogP contribution in [0.4, 0.5) is 26.0 Å². The molecule has 1 amide bonds. The Labute approximate surface area is 147 Å². The first kappa shape index (κ1) is 16.9. The molecule has 0 atom stereocenters. The lowest BCUT2D eigenvalue weighted by molar-refractivity contribution is 0.102. The number of benzene rings is 2. The lowest BCUT2D eigenvalue weighted by Crippen LogP contribution is -2.12. The lowest BCUT2D eigenvalue weighted by Gasteiger charge is -2.09. The third-order valence-corrected chi connectivity index (χ3v) is 3.53. The number of hydrogen-bond donors (Lipinski definition) is 2. The minimum atomic E-state index is -1.03. The number of halogens is 3. The Morgan fingerprint density at radius 1 is 0.960 bits per heavy atom. The van der Waals surface area contributed by atoms with Crippen molar-refractivity contribution in [3.63, 3.8) is 0 Å². The second kappa shape index (κ2) is 7.27. The molecule has 1 aromatic heterocycles. The summed E-state index contributed by atoms with van der Waals surface area (Å²) in [4.78, 5) is 16.4. The van der Waals surface area contributed by atoms with Crippen molar-refractivity contribution in [2.75, 3.05) is 10.6 Å². The molecule has 4 nitrogen and oxygen atoms in total. The number of aromatic nitrogens is 1. The van der Waals surface area contributed by atoms with Crippen molar-refractivity contribution in [1.82, 2.24) is 4.98 Å². The minimum Gasteiger partial charge on any atom is -0.340 e. The number of rotatable bonds is 4. The summed E-state index contributed by atoms with van der Waals surface area (Å²) in [7, 11) is 0. The van der Waals surface area contributed by atoms with E-state index in [2.05, 4.69) is 15.6 Å². The quantitative estimate of drug-likeness (QED) is 0.688. The summed E-state index contributed by atoms with van der Waals surface area (Å²) in [5, 5.41) is 6.11. The van der Waals surface area contributed by atoms with E-state index < -0.39 is 17.5 Å². The van der Waals surface area contributed by atoms with E-state index >= 15 is 0 Å². The monoisotopic (exact) mass is 359 g/mol. The van der Waals surface area contributed by atoms with Gasteiger partial charge in [0.2, 0.25) is 0 Å². The van der Waals surface area contributed by atoms with Crippen LogP contribution in [0.1, 0.15) is 10.4 Å². The van der Waals surface area contributed by atoms with Gasteiger partial charge in [0.15, 0.2) is 11.6 Å². The van der Waals surface area contributed by atoms with E-state index in [9.17, 15) is 13.6 Å². The minimum absolute atomic E-state index is 0.157. The normalized spacial score (nSPS) is 10.4. The van der Waals surface area contributed by atoms with Gasteiger partial charge in [0.05, 0.1) is 0 Å². The molecule has 0 aliphatic heterocycles. The summed E-state index contributed by atoms with van der Waals surface area (Å²) in [5.41, 5.74) is 1.19. The van der Waals surface area contributed by atoms with E-state index in [-0.39, 0.29) is 5.69 Å². The van der Waals surface area contributed by atoms with E-state index in [1.807, 2.05) is 6.07 Å². The molecule has 0 aliphatic carbocycles. The van der Waals surface area contributed by atoms with Crippen molar-refractivity contribution in [2.24, 2.45) is 0 Å². The smallest absolute Gasteiger partial charge is 0.255 e. The summed E-state index contributed by atoms with van der Waals surface area (Å²) in [6.45, 7) is 0. The Kier molecular flexibility index (Phi) is 4.90. The Balaban J connectivity index is 1.76. The molecule has 0 spiro atoms. The fourth-order valence-corrected chi connectivity index (χ4v) is 2.32. The van der Waals surface area contributed by atoms with E-state index in [1.54, 1.807) is 18.2 Å². The topological polar surface area (TPSA) is 54.0 Å². The number of hydrogen-bond acceptors (Lipinski definition) is 3. The Morgan fingerprint density at radius 2 is 1.80 bits per heavy atom. The second-order valence-electron chi connectivity index (χ2n) is 5.15. The van der Waals surface area contributed by atoms with Crippen LogP contribution in [-0.2, 0) is 0 Å². The fourth-order valence-electron chi connectivity index (χ4n) is 2.13. The lowest BCUT2D eigenvalue weighted by atomic mass is 10.2. The van der Waals surface area contributed by atoms with Crippen LogP contribution in [0.2, 0.25) is 5.02 Å². The molecular formula is C18H12ClF2N3O. The van der Waals surface area contributed by atoms with Gasteiger partial charge < -0.3 is 10.6 Å². The maximum absolute atomic E-state index is 13.2. The molecule has 2 aromatic carbocycles. The third kappa shape index (κ3) is 4.30. The van der Waals surface area contributed by atoms with Crippen LogP contribution in [0.5, 0.6) is 0 Å². The van der Waals surface area contributed by atoms with Gasteiger partial charge in [-0.05, 0) is 42.5 Å². The first-order valence-electron chi connectivity index (χ1n) is 7.26. The average molecular weight is 360 g/mol. The number of nitrogens with one attached hydrogen (secondary N) is 2. The highest BCUT2D eigenvalue weighted by Gasteiger charge is 2.10. The summed E-state index contributed by atoms with van der Waals surface area (Å²) in [5.74, 6) is -2.03. The molecule has 1 heterocycles. The SMILES string of the molecule is O=C(Nc1ccc(F)c(F)c1)c1ccnc(Nc2cccc(Cl)c2)c1. The third-order valence-electron chi connectivity index (χ3n) is 3.30. The fraction of sp³-hybridized carbons (Fsp3) is 0. The van der Waals surface area contributed by atoms with E-state index in [0.717, 1.165) is 17.8 Å². The number of nitrogens with zero attached hydrogens (tertiary/aromatic N) is 1. The maximum atomic E-state index is 13.2. The van der Waals surface area contributed by atoms with Crippen LogP contribution in [-0.4, -0.2) is 10.9 Å². The molecule has 3 rings (SSSR count). The molecule has 0 aliphatic rings. The van der Waals surface area contributed by atoms with Crippen molar-refractivity contribution in [1.29, 1.82) is 0 Å². The van der Waals surface area contributed by atoms with Crippen molar-refractivity contribution in [3.05, 3.63) is 83.0 Å². The van der Waals surface area contributed by atoms with Crippen LogP contribution in [0.15, 0.2) is 60.8 Å². The number of amides is 1. The van der Waals surface area contributed by atoms with Crippen LogP contribution >= 0.6 is 11.6 Å². The molecule has 3 aromatic rings. The van der Waals surface area contributed by atoms with E-state index in [0.29, 0.717) is 16.4 Å². The van der Waals surface area contributed by atoms with Gasteiger partial charge in [0.1, 0.15) is 5.82 Å². The number of carbonyl (C=O) groups is 1. The van der Waals surface area contributed by atoms with Crippen molar-refractivity contribution in [2.45, 2.75) is 0 Å². The second-order valence-corrected chi connectivity index (χ2v) is 5.58. The molecule has 0 unspecified atom stereocenters. The summed E-state index contributed by atoms with van der Waals surface area (Å²) in [6.07, 6.45) is 1.47. The van der Waals surface area contributed by atoms with Crippen LogP contribution < -0.4 is 10.6 Å². The van der Waals surface area contributed by atoms with Crippen molar-refractivity contribution < 1.29 is 13.6 Å². The van der Waals surface area contributed by atoms with Gasteiger partial charge in [-0.3, -0.25) is 4.79 Å². The first-order chi connectivity index (χ1) is 12.0. The molecule has 25 heavy (non-hydrogen) atoms. The molecular weight excluding hydrogens is 348 g/mol. The van der Waals surface area contributed by atoms with Gasteiger partial charge in [-0.2, -0.15) is 0 Å². The van der Waals surface area contributed by atoms with Crippen LogP contribution in [0.25, 0.3) is 0 Å². The molecule has 2 N–H and O–H groups in total. The van der Waals surface area contributed by atoms with Crippen LogP contribution in [0.3, 0.4) is 0 Å². The van der Waals surface area contributed by atoms with Gasteiger partial charge >= 0.3 is 0 Å².